The van der Waals surface area contributed by atoms with Gasteiger partial charge in [0, 0.05) is 13.3 Å². The number of nitrogens with one attached hydrogen (secondary N) is 1. The fourth-order valence-electron chi connectivity index (χ4n) is 1.38. The molecule has 0 saturated heterocycles. The maximum atomic E-state index is 13.0. The van der Waals surface area contributed by atoms with Gasteiger partial charge >= 0.3 is 0 Å². The van der Waals surface area contributed by atoms with E-state index < -0.39 is 0 Å². The summed E-state index contributed by atoms with van der Waals surface area (Å²) in [5, 5.41) is 3.28. The third kappa shape index (κ3) is 3.93. The van der Waals surface area contributed by atoms with Crippen molar-refractivity contribution in [2.45, 2.75) is 19.4 Å². The van der Waals surface area contributed by atoms with Gasteiger partial charge in [0.15, 0.2) is 0 Å². The zero-order chi connectivity index (χ0) is 11.1. The lowest BCUT2D eigenvalue weighted by molar-refractivity contribution is 0.167. The average Bonchev–Trinajstić information content (AvgIpc) is 2.24. The first kappa shape index (κ1) is 12.1. The highest BCUT2D eigenvalue weighted by molar-refractivity contribution is 5.15. The van der Waals surface area contributed by atoms with Crippen molar-refractivity contribution in [1.29, 1.82) is 0 Å². The first-order valence-corrected chi connectivity index (χ1v) is 5.10. The van der Waals surface area contributed by atoms with Gasteiger partial charge in [-0.2, -0.15) is 0 Å². The number of aromatic nitrogens is 1. The van der Waals surface area contributed by atoms with E-state index in [2.05, 4.69) is 17.2 Å². The molecule has 0 aliphatic carbocycles. The van der Waals surface area contributed by atoms with Crippen LogP contribution in [0.25, 0.3) is 0 Å². The van der Waals surface area contributed by atoms with E-state index in [1.165, 1.54) is 12.3 Å². The summed E-state index contributed by atoms with van der Waals surface area (Å²) in [5.41, 5.74) is 0.824. The van der Waals surface area contributed by atoms with Crippen molar-refractivity contribution in [2.75, 3.05) is 20.3 Å². The Hall–Kier alpha value is -1.00. The summed E-state index contributed by atoms with van der Waals surface area (Å²) in [6.07, 6.45) is 3.89. The van der Waals surface area contributed by atoms with E-state index in [0.29, 0.717) is 6.61 Å². The molecule has 1 atom stereocenters. The van der Waals surface area contributed by atoms with Crippen molar-refractivity contribution in [1.82, 2.24) is 10.3 Å². The van der Waals surface area contributed by atoms with Gasteiger partial charge in [-0.25, -0.2) is 4.39 Å². The predicted octanol–water partition coefficient (Wildman–Crippen LogP) is 1.91. The smallest absolute Gasteiger partial charge is 0.141 e. The molecular weight excluding hydrogens is 195 g/mol. The van der Waals surface area contributed by atoms with Crippen LogP contribution in [0.5, 0.6) is 0 Å². The van der Waals surface area contributed by atoms with Crippen molar-refractivity contribution < 1.29 is 9.13 Å². The van der Waals surface area contributed by atoms with E-state index >= 15 is 0 Å². The lowest BCUT2D eigenvalue weighted by atomic mass is 10.1. The lowest BCUT2D eigenvalue weighted by Crippen LogP contribution is -2.26. The number of methoxy groups -OCH3 is 1. The first-order valence-electron chi connectivity index (χ1n) is 5.10. The lowest BCUT2D eigenvalue weighted by Gasteiger charge is -2.17. The van der Waals surface area contributed by atoms with Crippen LogP contribution in [0.4, 0.5) is 4.39 Å². The normalized spacial score (nSPS) is 12.7. The number of hydrogen-bond donors (Lipinski definition) is 1. The fourth-order valence-corrected chi connectivity index (χ4v) is 1.38. The number of hydrogen-bond acceptors (Lipinski definition) is 3. The highest BCUT2D eigenvalue weighted by Gasteiger charge is 2.11. The molecule has 1 rings (SSSR count). The van der Waals surface area contributed by atoms with Crippen molar-refractivity contribution >= 4 is 0 Å². The summed E-state index contributed by atoms with van der Waals surface area (Å²) in [7, 11) is 1.63. The van der Waals surface area contributed by atoms with Crippen LogP contribution in [0.2, 0.25) is 0 Å². The molecule has 1 aromatic rings. The average molecular weight is 212 g/mol. The summed E-state index contributed by atoms with van der Waals surface area (Å²) in [6.45, 7) is 3.48. The molecule has 0 amide bonds. The van der Waals surface area contributed by atoms with E-state index in [1.54, 1.807) is 13.3 Å². The Kier molecular flexibility index (Phi) is 5.21. The van der Waals surface area contributed by atoms with Crippen LogP contribution in [0.1, 0.15) is 24.9 Å². The van der Waals surface area contributed by atoms with Gasteiger partial charge in [0.05, 0.1) is 18.8 Å². The van der Waals surface area contributed by atoms with Crippen molar-refractivity contribution in [2.24, 2.45) is 0 Å². The number of nitrogens with zero attached hydrogens (tertiary/aromatic N) is 1. The second kappa shape index (κ2) is 6.48. The minimum absolute atomic E-state index is 0.0122. The van der Waals surface area contributed by atoms with E-state index in [1.807, 2.05) is 0 Å². The highest BCUT2D eigenvalue weighted by Crippen LogP contribution is 2.13. The fraction of sp³-hybridized carbons (Fsp3) is 0.545. The molecule has 1 heterocycles. The van der Waals surface area contributed by atoms with E-state index in [9.17, 15) is 4.39 Å². The largest absolute Gasteiger partial charge is 0.383 e. The maximum absolute atomic E-state index is 13.0. The molecule has 15 heavy (non-hydrogen) atoms. The highest BCUT2D eigenvalue weighted by atomic mass is 19.1. The Balaban J connectivity index is 2.69. The van der Waals surface area contributed by atoms with E-state index in [-0.39, 0.29) is 11.9 Å². The van der Waals surface area contributed by atoms with Gasteiger partial charge in [0.2, 0.25) is 0 Å². The maximum Gasteiger partial charge on any atom is 0.141 e. The number of halogens is 1. The summed E-state index contributed by atoms with van der Waals surface area (Å²) >= 11 is 0. The molecule has 1 aromatic heterocycles. The van der Waals surface area contributed by atoms with E-state index in [0.717, 1.165) is 18.5 Å². The monoisotopic (exact) mass is 212 g/mol. The molecule has 0 bridgehead atoms. The molecule has 0 aromatic carbocycles. The standard InChI is InChI=1S/C11H17FN2O/c1-3-4-14-11(8-15-2)9-5-10(12)7-13-6-9/h5-7,11,14H,3-4,8H2,1-2H3. The molecule has 0 aliphatic rings. The van der Waals surface area contributed by atoms with Crippen LogP contribution in [0, 0.1) is 5.82 Å². The summed E-state index contributed by atoms with van der Waals surface area (Å²) in [6, 6.07) is 1.50. The van der Waals surface area contributed by atoms with Gasteiger partial charge in [-0.15, -0.1) is 0 Å². The minimum Gasteiger partial charge on any atom is -0.383 e. The molecule has 0 fully saturated rings. The SMILES string of the molecule is CCCNC(COC)c1cncc(F)c1. The molecular formula is C11H17FN2O. The number of pyridine rings is 1. The van der Waals surface area contributed by atoms with Gasteiger partial charge in [-0.3, -0.25) is 4.98 Å². The van der Waals surface area contributed by atoms with Crippen LogP contribution >= 0.6 is 0 Å². The zero-order valence-corrected chi connectivity index (χ0v) is 9.16. The third-order valence-corrected chi connectivity index (χ3v) is 2.10. The topological polar surface area (TPSA) is 34.1 Å². The molecule has 1 N–H and O–H groups in total. The van der Waals surface area contributed by atoms with Crippen LogP contribution in [-0.4, -0.2) is 25.2 Å². The van der Waals surface area contributed by atoms with Crippen molar-refractivity contribution in [3.8, 4) is 0 Å². The second-order valence-corrected chi connectivity index (χ2v) is 3.40. The van der Waals surface area contributed by atoms with Crippen LogP contribution in [0.15, 0.2) is 18.5 Å². The Morgan fingerprint density at radius 3 is 2.93 bits per heavy atom. The Morgan fingerprint density at radius 1 is 1.53 bits per heavy atom. The Labute approximate surface area is 89.7 Å². The molecule has 3 nitrogen and oxygen atoms in total. The molecule has 0 spiro atoms. The Bertz CT molecular complexity index is 294. The van der Waals surface area contributed by atoms with E-state index in [4.69, 9.17) is 4.74 Å². The van der Waals surface area contributed by atoms with Gasteiger partial charge in [-0.05, 0) is 24.6 Å². The number of ether oxygens (including phenoxy) is 1. The molecule has 0 aliphatic heterocycles. The third-order valence-electron chi connectivity index (χ3n) is 2.10. The quantitative estimate of drug-likeness (QED) is 0.782. The zero-order valence-electron chi connectivity index (χ0n) is 9.16. The van der Waals surface area contributed by atoms with Gasteiger partial charge in [-0.1, -0.05) is 6.92 Å². The molecule has 0 saturated carbocycles. The van der Waals surface area contributed by atoms with Gasteiger partial charge < -0.3 is 10.1 Å². The summed E-state index contributed by atoms with van der Waals surface area (Å²) in [4.78, 5) is 3.82. The predicted molar refractivity (Wildman–Crippen MR) is 57.1 cm³/mol. The molecule has 1 unspecified atom stereocenters. The van der Waals surface area contributed by atoms with Gasteiger partial charge in [0.1, 0.15) is 5.82 Å². The first-order chi connectivity index (χ1) is 7.27. The van der Waals surface area contributed by atoms with Crippen molar-refractivity contribution in [3.05, 3.63) is 29.8 Å². The van der Waals surface area contributed by atoms with Crippen LogP contribution < -0.4 is 5.32 Å². The number of rotatable bonds is 6. The van der Waals surface area contributed by atoms with Gasteiger partial charge in [0.25, 0.3) is 0 Å². The van der Waals surface area contributed by atoms with Crippen molar-refractivity contribution in [3.63, 3.8) is 0 Å². The molecule has 4 heteroatoms. The molecule has 0 radical (unpaired) electrons. The summed E-state index contributed by atoms with van der Waals surface area (Å²) < 4.78 is 18.0. The van der Waals surface area contributed by atoms with Crippen LogP contribution in [-0.2, 0) is 4.74 Å². The Morgan fingerprint density at radius 2 is 2.33 bits per heavy atom. The second-order valence-electron chi connectivity index (χ2n) is 3.40. The minimum atomic E-state index is -0.313. The summed E-state index contributed by atoms with van der Waals surface area (Å²) in [5.74, 6) is -0.313. The van der Waals surface area contributed by atoms with Crippen LogP contribution in [0.3, 0.4) is 0 Å². The molecule has 84 valence electrons.